The average Bonchev–Trinajstić information content (AvgIpc) is 3.43. The van der Waals surface area contributed by atoms with Gasteiger partial charge in [-0.3, -0.25) is 0 Å². The van der Waals surface area contributed by atoms with E-state index in [9.17, 15) is 0 Å². The maximum Gasteiger partial charge on any atom is 0.191 e. The molecule has 1 aromatic heterocycles. The topological polar surface area (TPSA) is 58.8 Å². The highest BCUT2D eigenvalue weighted by molar-refractivity contribution is 5.79. The monoisotopic (exact) mass is 397 g/mol. The molecular formula is C24H35N3O2. The second kappa shape index (κ2) is 11.7. The molecule has 29 heavy (non-hydrogen) atoms. The van der Waals surface area contributed by atoms with E-state index in [0.29, 0.717) is 12.0 Å². The summed E-state index contributed by atoms with van der Waals surface area (Å²) in [5, 5.41) is 7.12. The van der Waals surface area contributed by atoms with Gasteiger partial charge in [0.2, 0.25) is 0 Å². The molecule has 0 radical (unpaired) electrons. The molecule has 5 nitrogen and oxygen atoms in total. The van der Waals surface area contributed by atoms with Crippen molar-refractivity contribution in [1.82, 2.24) is 10.6 Å². The van der Waals surface area contributed by atoms with Crippen LogP contribution in [0.25, 0.3) is 0 Å². The van der Waals surface area contributed by atoms with E-state index >= 15 is 0 Å². The first-order valence-corrected chi connectivity index (χ1v) is 11.0. The molecule has 1 saturated carbocycles. The molecule has 0 unspecified atom stereocenters. The zero-order valence-electron chi connectivity index (χ0n) is 17.7. The van der Waals surface area contributed by atoms with Crippen molar-refractivity contribution in [3.8, 4) is 0 Å². The molecule has 0 bridgehead atoms. The number of furan rings is 1. The van der Waals surface area contributed by atoms with Crippen molar-refractivity contribution in [3.63, 3.8) is 0 Å². The van der Waals surface area contributed by atoms with Gasteiger partial charge in [-0.1, -0.05) is 43.2 Å². The number of benzene rings is 1. The molecule has 0 saturated heterocycles. The van der Waals surface area contributed by atoms with Gasteiger partial charge in [-0.25, -0.2) is 4.99 Å². The van der Waals surface area contributed by atoms with Gasteiger partial charge >= 0.3 is 0 Å². The summed E-state index contributed by atoms with van der Waals surface area (Å²) in [6.07, 6.45) is 8.85. The molecule has 0 atom stereocenters. The van der Waals surface area contributed by atoms with E-state index in [4.69, 9.17) is 14.1 Å². The Labute approximate surface area is 174 Å². The Morgan fingerprint density at radius 3 is 2.66 bits per heavy atom. The smallest absolute Gasteiger partial charge is 0.191 e. The number of nitrogens with one attached hydrogen (secondary N) is 2. The van der Waals surface area contributed by atoms with E-state index in [0.717, 1.165) is 50.9 Å². The van der Waals surface area contributed by atoms with Crippen LogP contribution in [-0.4, -0.2) is 32.3 Å². The first kappa shape index (κ1) is 21.4. The van der Waals surface area contributed by atoms with Gasteiger partial charge in [0.05, 0.1) is 12.8 Å². The van der Waals surface area contributed by atoms with Gasteiger partial charge in [0.1, 0.15) is 5.76 Å². The Balaban J connectivity index is 1.58. The number of aliphatic imine (C=N–C) groups is 1. The molecule has 0 aliphatic heterocycles. The van der Waals surface area contributed by atoms with Crippen LogP contribution in [0, 0.1) is 5.41 Å². The summed E-state index contributed by atoms with van der Waals surface area (Å²) in [5.41, 5.74) is 1.54. The molecular weight excluding hydrogens is 362 g/mol. The molecule has 1 aromatic carbocycles. The summed E-state index contributed by atoms with van der Waals surface area (Å²) in [6.45, 7) is 6.11. The summed E-state index contributed by atoms with van der Waals surface area (Å²) in [5.74, 6) is 1.87. The number of ether oxygens (including phenoxy) is 1. The van der Waals surface area contributed by atoms with E-state index in [1.54, 1.807) is 6.26 Å². The third-order valence-electron chi connectivity index (χ3n) is 5.78. The molecule has 3 rings (SSSR count). The molecule has 0 amide bonds. The molecule has 5 heteroatoms. The third kappa shape index (κ3) is 7.24. The summed E-state index contributed by atoms with van der Waals surface area (Å²) < 4.78 is 11.1. The van der Waals surface area contributed by atoms with Crippen LogP contribution in [0.5, 0.6) is 0 Å². The standard InChI is InChI=1S/C24H35N3O2/c1-2-28-18-15-24(13-6-7-14-24)20-27-23(25-16-12-22-11-8-17-29-22)26-19-21-9-4-3-5-10-21/h3-5,8-11,17H,2,6-7,12-16,18-20H2,1H3,(H2,25,26,27). The van der Waals surface area contributed by atoms with E-state index in [2.05, 4.69) is 41.8 Å². The predicted octanol–water partition coefficient (Wildman–Crippen LogP) is 4.54. The van der Waals surface area contributed by atoms with Gasteiger partial charge in [-0.15, -0.1) is 0 Å². The minimum absolute atomic E-state index is 0.325. The van der Waals surface area contributed by atoms with Crippen molar-refractivity contribution in [2.45, 2.75) is 52.0 Å². The summed E-state index contributed by atoms with van der Waals surface area (Å²) in [4.78, 5) is 4.83. The van der Waals surface area contributed by atoms with E-state index in [1.165, 1.54) is 31.2 Å². The van der Waals surface area contributed by atoms with Crippen molar-refractivity contribution in [1.29, 1.82) is 0 Å². The SMILES string of the molecule is CCOCCC1(CNC(=NCc2ccccc2)NCCc2ccco2)CCCC1. The first-order valence-electron chi connectivity index (χ1n) is 11.0. The van der Waals surface area contributed by atoms with Crippen LogP contribution in [0.15, 0.2) is 58.1 Å². The van der Waals surface area contributed by atoms with E-state index in [-0.39, 0.29) is 0 Å². The lowest BCUT2D eigenvalue weighted by Gasteiger charge is -2.30. The lowest BCUT2D eigenvalue weighted by Crippen LogP contribution is -2.44. The molecule has 2 N–H and O–H groups in total. The van der Waals surface area contributed by atoms with E-state index < -0.39 is 0 Å². The first-order chi connectivity index (χ1) is 14.3. The van der Waals surface area contributed by atoms with Crippen molar-refractivity contribution in [2.75, 3.05) is 26.3 Å². The van der Waals surface area contributed by atoms with Gasteiger partial charge in [-0.2, -0.15) is 0 Å². The van der Waals surface area contributed by atoms with Crippen molar-refractivity contribution < 1.29 is 9.15 Å². The quantitative estimate of drug-likeness (QED) is 0.332. The second-order valence-electron chi connectivity index (χ2n) is 7.91. The van der Waals surface area contributed by atoms with Gasteiger partial charge in [0.15, 0.2) is 5.96 Å². The third-order valence-corrected chi connectivity index (χ3v) is 5.78. The zero-order valence-corrected chi connectivity index (χ0v) is 17.7. The van der Waals surface area contributed by atoms with Crippen LogP contribution in [0.2, 0.25) is 0 Å². The van der Waals surface area contributed by atoms with Crippen LogP contribution in [0.1, 0.15) is 50.4 Å². The molecule has 2 aromatic rings. The minimum Gasteiger partial charge on any atom is -0.469 e. The Bertz CT molecular complexity index is 707. The van der Waals surface area contributed by atoms with Gasteiger partial charge in [0, 0.05) is 32.7 Å². The Morgan fingerprint density at radius 2 is 1.93 bits per heavy atom. The maximum absolute atomic E-state index is 5.65. The van der Waals surface area contributed by atoms with Crippen LogP contribution in [0.3, 0.4) is 0 Å². The molecule has 1 aliphatic rings. The lowest BCUT2D eigenvalue weighted by atomic mass is 9.83. The normalized spacial score (nSPS) is 16.1. The Kier molecular flexibility index (Phi) is 8.62. The fraction of sp³-hybridized carbons (Fsp3) is 0.542. The highest BCUT2D eigenvalue weighted by Crippen LogP contribution is 2.40. The number of hydrogen-bond donors (Lipinski definition) is 2. The van der Waals surface area contributed by atoms with Gasteiger partial charge in [0.25, 0.3) is 0 Å². The summed E-state index contributed by atoms with van der Waals surface area (Å²) >= 11 is 0. The largest absolute Gasteiger partial charge is 0.469 e. The number of guanidine groups is 1. The van der Waals surface area contributed by atoms with Crippen LogP contribution in [-0.2, 0) is 17.7 Å². The number of rotatable bonds is 11. The van der Waals surface area contributed by atoms with Gasteiger partial charge < -0.3 is 19.8 Å². The zero-order chi connectivity index (χ0) is 20.2. The van der Waals surface area contributed by atoms with Crippen LogP contribution >= 0.6 is 0 Å². The van der Waals surface area contributed by atoms with E-state index in [1.807, 2.05) is 18.2 Å². The lowest BCUT2D eigenvalue weighted by molar-refractivity contribution is 0.105. The molecule has 1 heterocycles. The predicted molar refractivity (Wildman–Crippen MR) is 118 cm³/mol. The second-order valence-corrected chi connectivity index (χ2v) is 7.91. The summed E-state index contributed by atoms with van der Waals surface area (Å²) in [6, 6.07) is 14.3. The van der Waals surface area contributed by atoms with Crippen molar-refractivity contribution >= 4 is 5.96 Å². The number of hydrogen-bond acceptors (Lipinski definition) is 3. The number of nitrogens with zero attached hydrogens (tertiary/aromatic N) is 1. The van der Waals surface area contributed by atoms with Crippen molar-refractivity contribution in [2.24, 2.45) is 10.4 Å². The molecule has 1 fully saturated rings. The molecule has 0 spiro atoms. The van der Waals surface area contributed by atoms with Crippen LogP contribution < -0.4 is 10.6 Å². The highest BCUT2D eigenvalue weighted by atomic mass is 16.5. The fourth-order valence-electron chi connectivity index (χ4n) is 4.03. The molecule has 158 valence electrons. The molecule has 1 aliphatic carbocycles. The van der Waals surface area contributed by atoms with Crippen molar-refractivity contribution in [3.05, 3.63) is 60.1 Å². The maximum atomic E-state index is 5.65. The van der Waals surface area contributed by atoms with Gasteiger partial charge in [-0.05, 0) is 49.3 Å². The average molecular weight is 398 g/mol. The fourth-order valence-corrected chi connectivity index (χ4v) is 4.03. The van der Waals surface area contributed by atoms with Crippen LogP contribution in [0.4, 0.5) is 0 Å². The highest BCUT2D eigenvalue weighted by Gasteiger charge is 2.33. The summed E-state index contributed by atoms with van der Waals surface area (Å²) in [7, 11) is 0. The minimum atomic E-state index is 0.325. The Hall–Kier alpha value is -2.27. The Morgan fingerprint density at radius 1 is 1.10 bits per heavy atom.